The van der Waals surface area contributed by atoms with Crippen molar-refractivity contribution in [3.63, 3.8) is 0 Å². The van der Waals surface area contributed by atoms with Gasteiger partial charge in [0.1, 0.15) is 0 Å². The predicted octanol–water partition coefficient (Wildman–Crippen LogP) is 2.23. The number of hydrogen-bond acceptors (Lipinski definition) is 3. The molecule has 0 unspecified atom stereocenters. The second kappa shape index (κ2) is 5.51. The Morgan fingerprint density at radius 3 is 2.56 bits per heavy atom. The number of hydrogen-bond donors (Lipinski definition) is 1. The summed E-state index contributed by atoms with van der Waals surface area (Å²) in [5, 5.41) is 3.00. The lowest BCUT2D eigenvalue weighted by atomic mass is 10.3. The maximum atomic E-state index is 11.6. The van der Waals surface area contributed by atoms with Crippen molar-refractivity contribution in [1.29, 1.82) is 0 Å². The molecule has 0 aliphatic carbocycles. The van der Waals surface area contributed by atoms with E-state index in [1.807, 2.05) is 0 Å². The van der Waals surface area contributed by atoms with Gasteiger partial charge in [-0.1, -0.05) is 23.7 Å². The molecule has 86 valence electrons. The fourth-order valence-corrected chi connectivity index (χ4v) is 1.28. The van der Waals surface area contributed by atoms with Gasteiger partial charge in [0.15, 0.2) is 6.10 Å². The van der Waals surface area contributed by atoms with Crippen LogP contribution in [0.1, 0.15) is 13.8 Å². The summed E-state index contributed by atoms with van der Waals surface area (Å²) in [6.07, 6.45) is -0.839. The van der Waals surface area contributed by atoms with Crippen LogP contribution in [0.25, 0.3) is 0 Å². The third kappa shape index (κ3) is 3.55. The number of para-hydroxylation sites is 1. The van der Waals surface area contributed by atoms with Crippen LogP contribution in [-0.4, -0.2) is 18.0 Å². The normalized spacial score (nSPS) is 11.7. The first-order chi connectivity index (χ1) is 7.50. The van der Waals surface area contributed by atoms with Crippen LogP contribution < -0.4 is 5.32 Å². The van der Waals surface area contributed by atoms with Crippen molar-refractivity contribution >= 4 is 29.2 Å². The van der Waals surface area contributed by atoms with Crippen LogP contribution in [0.15, 0.2) is 24.3 Å². The lowest BCUT2D eigenvalue weighted by molar-refractivity contribution is -0.150. The zero-order valence-electron chi connectivity index (χ0n) is 8.99. The molecule has 0 heterocycles. The number of anilines is 1. The molecule has 1 N–H and O–H groups in total. The molecule has 0 bridgehead atoms. The van der Waals surface area contributed by atoms with E-state index in [0.717, 1.165) is 0 Å². The van der Waals surface area contributed by atoms with Crippen molar-refractivity contribution in [1.82, 2.24) is 0 Å². The summed E-state index contributed by atoms with van der Waals surface area (Å²) in [5.74, 6) is -0.912. The van der Waals surface area contributed by atoms with E-state index in [9.17, 15) is 9.59 Å². The highest BCUT2D eigenvalue weighted by Crippen LogP contribution is 2.20. The van der Waals surface area contributed by atoms with Crippen molar-refractivity contribution in [3.05, 3.63) is 29.3 Å². The Morgan fingerprint density at radius 2 is 2.00 bits per heavy atom. The summed E-state index contributed by atoms with van der Waals surface area (Å²) in [6.45, 7) is 2.74. The highest BCUT2D eigenvalue weighted by atomic mass is 35.5. The second-order valence-corrected chi connectivity index (χ2v) is 3.63. The second-order valence-electron chi connectivity index (χ2n) is 3.22. The third-order valence-corrected chi connectivity index (χ3v) is 2.17. The molecule has 0 aliphatic heterocycles. The Morgan fingerprint density at radius 1 is 1.38 bits per heavy atom. The SMILES string of the molecule is CC(=O)O[C@H](C)C(=O)Nc1ccccc1Cl. The van der Waals surface area contributed by atoms with Gasteiger partial charge in [-0.3, -0.25) is 9.59 Å². The first-order valence-electron chi connectivity index (χ1n) is 4.73. The van der Waals surface area contributed by atoms with E-state index >= 15 is 0 Å². The lowest BCUT2D eigenvalue weighted by Crippen LogP contribution is -2.29. The standard InChI is InChI=1S/C11H12ClNO3/c1-7(16-8(2)14)11(15)13-10-6-4-3-5-9(10)12/h3-7H,1-2H3,(H,13,15)/t7-/m1/s1. The van der Waals surface area contributed by atoms with E-state index in [1.54, 1.807) is 24.3 Å². The zero-order chi connectivity index (χ0) is 12.1. The summed E-state index contributed by atoms with van der Waals surface area (Å²) in [5.41, 5.74) is 0.494. The van der Waals surface area contributed by atoms with Gasteiger partial charge in [-0.15, -0.1) is 0 Å². The summed E-state index contributed by atoms with van der Waals surface area (Å²) < 4.78 is 4.73. The minimum Gasteiger partial charge on any atom is -0.453 e. The van der Waals surface area contributed by atoms with Crippen LogP contribution in [0.4, 0.5) is 5.69 Å². The molecule has 0 aromatic heterocycles. The molecule has 1 atom stereocenters. The molecule has 5 heteroatoms. The molecular formula is C11H12ClNO3. The summed E-state index contributed by atoms with van der Waals surface area (Å²) in [6, 6.07) is 6.83. The summed E-state index contributed by atoms with van der Waals surface area (Å²) in [7, 11) is 0. The lowest BCUT2D eigenvalue weighted by Gasteiger charge is -2.12. The Hall–Kier alpha value is -1.55. The smallest absolute Gasteiger partial charge is 0.303 e. The number of esters is 1. The summed E-state index contributed by atoms with van der Waals surface area (Å²) >= 11 is 5.86. The van der Waals surface area contributed by atoms with E-state index in [2.05, 4.69) is 5.32 Å². The number of ether oxygens (including phenoxy) is 1. The molecule has 1 aromatic carbocycles. The molecule has 1 rings (SSSR count). The predicted molar refractivity (Wildman–Crippen MR) is 61.3 cm³/mol. The van der Waals surface area contributed by atoms with Gasteiger partial charge in [-0.25, -0.2) is 0 Å². The molecule has 16 heavy (non-hydrogen) atoms. The number of benzene rings is 1. The average molecular weight is 242 g/mol. The van der Waals surface area contributed by atoms with Gasteiger partial charge >= 0.3 is 5.97 Å². The molecule has 0 saturated heterocycles. The van der Waals surface area contributed by atoms with Gasteiger partial charge in [-0.05, 0) is 19.1 Å². The van der Waals surface area contributed by atoms with Crippen LogP contribution in [-0.2, 0) is 14.3 Å². The molecule has 0 radical (unpaired) electrons. The van der Waals surface area contributed by atoms with Crippen molar-refractivity contribution in [2.75, 3.05) is 5.32 Å². The van der Waals surface area contributed by atoms with Gasteiger partial charge in [0.2, 0.25) is 0 Å². The summed E-state index contributed by atoms with van der Waals surface area (Å²) in [4.78, 5) is 22.2. The van der Waals surface area contributed by atoms with Crippen LogP contribution in [0, 0.1) is 0 Å². The maximum absolute atomic E-state index is 11.6. The van der Waals surface area contributed by atoms with Gasteiger partial charge in [0, 0.05) is 6.92 Å². The van der Waals surface area contributed by atoms with Gasteiger partial charge in [-0.2, -0.15) is 0 Å². The largest absolute Gasteiger partial charge is 0.453 e. The maximum Gasteiger partial charge on any atom is 0.303 e. The first kappa shape index (κ1) is 12.5. The van der Waals surface area contributed by atoms with E-state index < -0.39 is 18.0 Å². The van der Waals surface area contributed by atoms with E-state index in [4.69, 9.17) is 16.3 Å². The highest BCUT2D eigenvalue weighted by Gasteiger charge is 2.16. The van der Waals surface area contributed by atoms with Crippen molar-refractivity contribution in [3.8, 4) is 0 Å². The van der Waals surface area contributed by atoms with E-state index in [0.29, 0.717) is 10.7 Å². The van der Waals surface area contributed by atoms with Gasteiger partial charge in [0.25, 0.3) is 5.91 Å². The van der Waals surface area contributed by atoms with Crippen LogP contribution in [0.2, 0.25) is 5.02 Å². The minimum absolute atomic E-state index is 0.414. The third-order valence-electron chi connectivity index (χ3n) is 1.84. The quantitative estimate of drug-likeness (QED) is 0.826. The van der Waals surface area contributed by atoms with Gasteiger partial charge < -0.3 is 10.1 Å². The number of nitrogens with one attached hydrogen (secondary N) is 1. The monoisotopic (exact) mass is 241 g/mol. The van der Waals surface area contributed by atoms with E-state index in [1.165, 1.54) is 13.8 Å². The van der Waals surface area contributed by atoms with Crippen LogP contribution in [0.3, 0.4) is 0 Å². The molecule has 1 amide bonds. The molecule has 1 aromatic rings. The number of rotatable bonds is 3. The van der Waals surface area contributed by atoms with Crippen LogP contribution >= 0.6 is 11.6 Å². The molecular weight excluding hydrogens is 230 g/mol. The topological polar surface area (TPSA) is 55.4 Å². The molecule has 0 saturated carbocycles. The zero-order valence-corrected chi connectivity index (χ0v) is 9.75. The Kier molecular flexibility index (Phi) is 4.31. The number of carbonyl (C=O) groups excluding carboxylic acids is 2. The minimum atomic E-state index is -0.839. The Bertz CT molecular complexity index is 406. The average Bonchev–Trinajstić information content (AvgIpc) is 2.20. The van der Waals surface area contributed by atoms with Crippen molar-refractivity contribution in [2.45, 2.75) is 20.0 Å². The molecule has 0 spiro atoms. The molecule has 0 fully saturated rings. The molecule has 4 nitrogen and oxygen atoms in total. The fourth-order valence-electron chi connectivity index (χ4n) is 1.10. The highest BCUT2D eigenvalue weighted by molar-refractivity contribution is 6.33. The Balaban J connectivity index is 2.64. The van der Waals surface area contributed by atoms with Crippen LogP contribution in [0.5, 0.6) is 0 Å². The first-order valence-corrected chi connectivity index (χ1v) is 5.11. The van der Waals surface area contributed by atoms with Crippen molar-refractivity contribution in [2.24, 2.45) is 0 Å². The number of amides is 1. The van der Waals surface area contributed by atoms with E-state index in [-0.39, 0.29) is 0 Å². The van der Waals surface area contributed by atoms with Gasteiger partial charge in [0.05, 0.1) is 10.7 Å². The molecule has 0 aliphatic rings. The fraction of sp³-hybridized carbons (Fsp3) is 0.273. The number of halogens is 1. The van der Waals surface area contributed by atoms with Crippen molar-refractivity contribution < 1.29 is 14.3 Å². The Labute approximate surface area is 98.5 Å². The number of carbonyl (C=O) groups is 2.